The Bertz CT molecular complexity index is 1050. The Labute approximate surface area is 166 Å². The Morgan fingerprint density at radius 2 is 2.03 bits per heavy atom. The van der Waals surface area contributed by atoms with Gasteiger partial charge in [-0.25, -0.2) is 4.98 Å². The van der Waals surface area contributed by atoms with E-state index in [0.29, 0.717) is 52.7 Å². The molecule has 29 heavy (non-hydrogen) atoms. The number of aromatic nitrogens is 2. The van der Waals surface area contributed by atoms with Crippen molar-refractivity contribution in [2.24, 2.45) is 0 Å². The van der Waals surface area contributed by atoms with Gasteiger partial charge >= 0.3 is 5.97 Å². The van der Waals surface area contributed by atoms with Gasteiger partial charge in [0.1, 0.15) is 5.75 Å². The highest BCUT2D eigenvalue weighted by molar-refractivity contribution is 6.12. The van der Waals surface area contributed by atoms with Crippen LogP contribution in [0.3, 0.4) is 0 Å². The summed E-state index contributed by atoms with van der Waals surface area (Å²) in [4.78, 5) is 28.0. The number of hydrogen-bond donors (Lipinski definition) is 2. The zero-order valence-corrected chi connectivity index (χ0v) is 16.0. The maximum atomic E-state index is 12.9. The summed E-state index contributed by atoms with van der Waals surface area (Å²) in [5, 5.41) is 16.1. The molecule has 2 aromatic heterocycles. The van der Waals surface area contributed by atoms with E-state index in [9.17, 15) is 9.59 Å². The van der Waals surface area contributed by atoms with Crippen LogP contribution in [0.15, 0.2) is 34.9 Å². The molecule has 2 N–H and O–H groups in total. The normalized spacial score (nSPS) is 13.4. The second-order valence-corrected chi connectivity index (χ2v) is 7.14. The fourth-order valence-electron chi connectivity index (χ4n) is 3.13. The third kappa shape index (κ3) is 4.37. The zero-order chi connectivity index (χ0) is 20.4. The van der Waals surface area contributed by atoms with E-state index in [0.717, 1.165) is 18.5 Å². The number of rotatable bonds is 8. The summed E-state index contributed by atoms with van der Waals surface area (Å²) < 4.78 is 10.8. The SMILES string of the molecule is Cc1noc2nc(C3CC3)cc(C(=O)Nc3ccc(OCCCC(=O)O)cc3)c12. The Morgan fingerprint density at radius 3 is 2.72 bits per heavy atom. The van der Waals surface area contributed by atoms with Crippen molar-refractivity contribution in [3.8, 4) is 5.75 Å². The van der Waals surface area contributed by atoms with Crippen molar-refractivity contribution < 1.29 is 24.0 Å². The summed E-state index contributed by atoms with van der Waals surface area (Å²) in [6.07, 6.45) is 2.65. The largest absolute Gasteiger partial charge is 0.494 e. The van der Waals surface area contributed by atoms with Crippen molar-refractivity contribution in [3.05, 3.63) is 47.3 Å². The predicted octanol–water partition coefficient (Wildman–Crippen LogP) is 3.90. The molecule has 0 spiro atoms. The van der Waals surface area contributed by atoms with Gasteiger partial charge in [-0.3, -0.25) is 9.59 Å². The number of carbonyl (C=O) groups is 2. The van der Waals surface area contributed by atoms with Gasteiger partial charge in [-0.15, -0.1) is 0 Å². The summed E-state index contributed by atoms with van der Waals surface area (Å²) in [5.41, 5.74) is 3.01. The summed E-state index contributed by atoms with van der Waals surface area (Å²) in [6, 6.07) is 8.78. The minimum absolute atomic E-state index is 0.0691. The lowest BCUT2D eigenvalue weighted by Crippen LogP contribution is -2.13. The van der Waals surface area contributed by atoms with Crippen LogP contribution in [0.5, 0.6) is 5.75 Å². The van der Waals surface area contributed by atoms with Gasteiger partial charge in [0.15, 0.2) is 0 Å². The van der Waals surface area contributed by atoms with E-state index < -0.39 is 5.97 Å². The lowest BCUT2D eigenvalue weighted by molar-refractivity contribution is -0.137. The number of carbonyl (C=O) groups excluding carboxylic acids is 1. The molecule has 1 aliphatic carbocycles. The van der Waals surface area contributed by atoms with E-state index in [1.807, 2.05) is 6.07 Å². The number of anilines is 1. The fourth-order valence-corrected chi connectivity index (χ4v) is 3.13. The molecule has 0 bridgehead atoms. The molecule has 150 valence electrons. The number of hydrogen-bond acceptors (Lipinski definition) is 6. The van der Waals surface area contributed by atoms with Crippen LogP contribution < -0.4 is 10.1 Å². The van der Waals surface area contributed by atoms with Crippen molar-refractivity contribution in [2.75, 3.05) is 11.9 Å². The number of ether oxygens (including phenoxy) is 1. The Kier molecular flexibility index (Phi) is 5.16. The second-order valence-electron chi connectivity index (χ2n) is 7.14. The van der Waals surface area contributed by atoms with Crippen molar-refractivity contribution in [2.45, 2.75) is 38.5 Å². The van der Waals surface area contributed by atoms with Crippen LogP contribution in [0.4, 0.5) is 5.69 Å². The van der Waals surface area contributed by atoms with Crippen LogP contribution >= 0.6 is 0 Å². The number of fused-ring (bicyclic) bond motifs is 1. The maximum absolute atomic E-state index is 12.9. The molecule has 1 aliphatic rings. The van der Waals surface area contributed by atoms with Crippen LogP contribution in [0.25, 0.3) is 11.1 Å². The molecule has 8 nitrogen and oxygen atoms in total. The smallest absolute Gasteiger partial charge is 0.303 e. The van der Waals surface area contributed by atoms with Crippen LogP contribution in [0.1, 0.15) is 53.3 Å². The first kappa shape index (κ1) is 18.9. The molecule has 0 saturated heterocycles. The highest BCUT2D eigenvalue weighted by Gasteiger charge is 2.28. The number of pyridine rings is 1. The van der Waals surface area contributed by atoms with Gasteiger partial charge in [0.25, 0.3) is 11.6 Å². The van der Waals surface area contributed by atoms with E-state index in [2.05, 4.69) is 15.5 Å². The van der Waals surface area contributed by atoms with Gasteiger partial charge in [0.05, 0.1) is 23.3 Å². The molecule has 1 aromatic carbocycles. The van der Waals surface area contributed by atoms with E-state index in [4.69, 9.17) is 14.4 Å². The lowest BCUT2D eigenvalue weighted by Gasteiger charge is -2.09. The molecule has 0 atom stereocenters. The first-order valence-electron chi connectivity index (χ1n) is 9.54. The predicted molar refractivity (Wildman–Crippen MR) is 105 cm³/mol. The van der Waals surface area contributed by atoms with Crippen LogP contribution in [-0.4, -0.2) is 33.7 Å². The molecule has 0 unspecified atom stereocenters. The Balaban J connectivity index is 1.47. The molecule has 1 fully saturated rings. The zero-order valence-electron chi connectivity index (χ0n) is 16.0. The van der Waals surface area contributed by atoms with Crippen molar-refractivity contribution >= 4 is 28.7 Å². The van der Waals surface area contributed by atoms with Gasteiger partial charge in [0, 0.05) is 23.7 Å². The topological polar surface area (TPSA) is 115 Å². The number of benzene rings is 1. The fraction of sp³-hybridized carbons (Fsp3) is 0.333. The highest BCUT2D eigenvalue weighted by atomic mass is 16.5. The summed E-state index contributed by atoms with van der Waals surface area (Å²) in [7, 11) is 0. The summed E-state index contributed by atoms with van der Waals surface area (Å²) in [5.74, 6) is -0.0926. The molecule has 0 aliphatic heterocycles. The van der Waals surface area contributed by atoms with Gasteiger partial charge in [-0.1, -0.05) is 5.16 Å². The second kappa shape index (κ2) is 7.90. The van der Waals surface area contributed by atoms with Crippen molar-refractivity contribution in [1.29, 1.82) is 0 Å². The molecule has 1 saturated carbocycles. The monoisotopic (exact) mass is 395 g/mol. The average Bonchev–Trinajstić information content (AvgIpc) is 3.49. The number of aryl methyl sites for hydroxylation is 1. The third-order valence-electron chi connectivity index (χ3n) is 4.79. The van der Waals surface area contributed by atoms with Gasteiger partial charge in [-0.2, -0.15) is 0 Å². The minimum Gasteiger partial charge on any atom is -0.494 e. The van der Waals surface area contributed by atoms with Gasteiger partial charge < -0.3 is 19.7 Å². The van der Waals surface area contributed by atoms with Gasteiger partial charge in [-0.05, 0) is 56.5 Å². The van der Waals surface area contributed by atoms with Crippen molar-refractivity contribution in [1.82, 2.24) is 10.1 Å². The molecule has 2 heterocycles. The minimum atomic E-state index is -0.843. The molecular weight excluding hydrogens is 374 g/mol. The third-order valence-corrected chi connectivity index (χ3v) is 4.79. The van der Waals surface area contributed by atoms with E-state index >= 15 is 0 Å². The van der Waals surface area contributed by atoms with Crippen LogP contribution in [0, 0.1) is 6.92 Å². The van der Waals surface area contributed by atoms with Crippen LogP contribution in [-0.2, 0) is 4.79 Å². The number of amides is 1. The molecule has 8 heteroatoms. The Hall–Kier alpha value is -3.42. The number of carboxylic acid groups (broad SMARTS) is 1. The van der Waals surface area contributed by atoms with E-state index in [1.165, 1.54) is 0 Å². The first-order chi connectivity index (χ1) is 14.0. The lowest BCUT2D eigenvalue weighted by atomic mass is 10.1. The number of nitrogens with one attached hydrogen (secondary N) is 1. The maximum Gasteiger partial charge on any atom is 0.303 e. The van der Waals surface area contributed by atoms with Crippen molar-refractivity contribution in [3.63, 3.8) is 0 Å². The average molecular weight is 395 g/mol. The molecule has 4 rings (SSSR count). The number of nitrogens with zero attached hydrogens (tertiary/aromatic N) is 2. The molecule has 3 aromatic rings. The van der Waals surface area contributed by atoms with E-state index in [1.54, 1.807) is 31.2 Å². The van der Waals surface area contributed by atoms with Gasteiger partial charge in [0.2, 0.25) is 0 Å². The Morgan fingerprint density at radius 1 is 1.28 bits per heavy atom. The first-order valence-corrected chi connectivity index (χ1v) is 9.54. The van der Waals surface area contributed by atoms with E-state index in [-0.39, 0.29) is 12.3 Å². The summed E-state index contributed by atoms with van der Waals surface area (Å²) >= 11 is 0. The molecule has 1 amide bonds. The molecule has 0 radical (unpaired) electrons. The molecular formula is C21H21N3O5. The summed E-state index contributed by atoms with van der Waals surface area (Å²) in [6.45, 7) is 2.11. The van der Waals surface area contributed by atoms with Crippen LogP contribution in [0.2, 0.25) is 0 Å². The standard InChI is InChI=1S/C21H21N3O5/c1-12-19-16(11-17(13-4-5-13)23-21(19)29-24-12)20(27)22-14-6-8-15(9-7-14)28-10-2-3-18(25)26/h6-9,11,13H,2-5,10H2,1H3,(H,22,27)(H,25,26). The highest BCUT2D eigenvalue weighted by Crippen LogP contribution is 2.40. The quantitative estimate of drug-likeness (QED) is 0.556. The number of carboxylic acids is 1. The number of aliphatic carboxylic acids is 1.